The largest absolute Gasteiger partial charge is 0.336 e. The number of hydrogen-bond donors (Lipinski definition) is 0. The van der Waals surface area contributed by atoms with E-state index < -0.39 is 0 Å². The molecular formula is C24H23FN4OS. The van der Waals surface area contributed by atoms with Gasteiger partial charge in [0.05, 0.1) is 11.4 Å². The lowest BCUT2D eigenvalue weighted by Gasteiger charge is -2.34. The van der Waals surface area contributed by atoms with Crippen molar-refractivity contribution in [1.29, 1.82) is 0 Å². The van der Waals surface area contributed by atoms with Gasteiger partial charge in [0, 0.05) is 54.9 Å². The molecule has 5 nitrogen and oxygen atoms in total. The summed E-state index contributed by atoms with van der Waals surface area (Å²) in [7, 11) is 0. The number of benzene rings is 2. The smallest absolute Gasteiger partial charge is 0.253 e. The van der Waals surface area contributed by atoms with Gasteiger partial charge in [0.2, 0.25) is 0 Å². The summed E-state index contributed by atoms with van der Waals surface area (Å²) in [5.41, 5.74) is 5.07. The second-order valence-corrected chi connectivity index (χ2v) is 8.68. The molecule has 158 valence electrons. The van der Waals surface area contributed by atoms with E-state index in [9.17, 15) is 9.18 Å². The number of carbonyl (C=O) groups excluding carboxylic acids is 1. The van der Waals surface area contributed by atoms with E-state index >= 15 is 0 Å². The minimum Gasteiger partial charge on any atom is -0.336 e. The monoisotopic (exact) mass is 434 g/mol. The summed E-state index contributed by atoms with van der Waals surface area (Å²) in [5, 5.41) is 2.14. The fourth-order valence-electron chi connectivity index (χ4n) is 4.13. The standard InChI is InChI=1S/C24H23FN4OS/c1-17-16-31-24-26-22(18-5-3-2-4-6-18)21(29(17)24)15-27-11-13-28(14-12-27)23(30)19-7-9-20(25)10-8-19/h2-10,16H,11-15H2,1H3. The third-order valence-corrected chi connectivity index (χ3v) is 6.74. The van der Waals surface area contributed by atoms with Crippen LogP contribution in [0, 0.1) is 12.7 Å². The van der Waals surface area contributed by atoms with Crippen LogP contribution in [0.4, 0.5) is 4.39 Å². The van der Waals surface area contributed by atoms with Gasteiger partial charge in [0.25, 0.3) is 5.91 Å². The Balaban J connectivity index is 1.34. The van der Waals surface area contributed by atoms with Crippen LogP contribution in [0.15, 0.2) is 60.0 Å². The fraction of sp³-hybridized carbons (Fsp3) is 0.250. The number of aromatic nitrogens is 2. The Labute approximate surface area is 184 Å². The van der Waals surface area contributed by atoms with Crippen LogP contribution in [0.2, 0.25) is 0 Å². The first-order valence-corrected chi connectivity index (χ1v) is 11.3. The zero-order valence-electron chi connectivity index (χ0n) is 17.3. The lowest BCUT2D eigenvalue weighted by molar-refractivity contribution is 0.0627. The van der Waals surface area contributed by atoms with Crippen molar-refractivity contribution in [1.82, 2.24) is 19.2 Å². The molecule has 2 aromatic heterocycles. The zero-order chi connectivity index (χ0) is 21.4. The van der Waals surface area contributed by atoms with Crippen molar-refractivity contribution in [2.75, 3.05) is 26.2 Å². The van der Waals surface area contributed by atoms with Gasteiger partial charge in [-0.15, -0.1) is 11.3 Å². The average molecular weight is 435 g/mol. The molecule has 0 radical (unpaired) electrons. The average Bonchev–Trinajstić information content (AvgIpc) is 3.35. The summed E-state index contributed by atoms with van der Waals surface area (Å²) in [6, 6.07) is 16.1. The van der Waals surface area contributed by atoms with Gasteiger partial charge in [-0.25, -0.2) is 9.37 Å². The van der Waals surface area contributed by atoms with Crippen LogP contribution in [0.25, 0.3) is 16.2 Å². The number of nitrogens with zero attached hydrogens (tertiary/aromatic N) is 4. The highest BCUT2D eigenvalue weighted by Crippen LogP contribution is 2.29. The van der Waals surface area contributed by atoms with Crippen LogP contribution < -0.4 is 0 Å². The van der Waals surface area contributed by atoms with Crippen LogP contribution in [-0.4, -0.2) is 51.3 Å². The second-order valence-electron chi connectivity index (χ2n) is 7.84. The summed E-state index contributed by atoms with van der Waals surface area (Å²) >= 11 is 1.66. The first-order valence-electron chi connectivity index (χ1n) is 10.4. The van der Waals surface area contributed by atoms with E-state index in [0.717, 1.165) is 35.9 Å². The Morgan fingerprint density at radius 3 is 2.45 bits per heavy atom. The number of halogens is 1. The fourth-order valence-corrected chi connectivity index (χ4v) is 5.02. The van der Waals surface area contributed by atoms with Gasteiger partial charge in [0.1, 0.15) is 5.82 Å². The first-order chi connectivity index (χ1) is 15.1. The van der Waals surface area contributed by atoms with Gasteiger partial charge < -0.3 is 4.90 Å². The molecule has 0 spiro atoms. The molecule has 0 atom stereocenters. The predicted octanol–water partition coefficient (Wildman–Crippen LogP) is 4.47. The molecule has 1 aliphatic rings. The van der Waals surface area contributed by atoms with Crippen molar-refractivity contribution in [3.8, 4) is 11.3 Å². The zero-order valence-corrected chi connectivity index (χ0v) is 18.1. The summed E-state index contributed by atoms with van der Waals surface area (Å²) in [5.74, 6) is -0.364. The van der Waals surface area contributed by atoms with E-state index in [1.807, 2.05) is 23.1 Å². The van der Waals surface area contributed by atoms with Gasteiger partial charge in [-0.05, 0) is 31.2 Å². The minimum absolute atomic E-state index is 0.0370. The summed E-state index contributed by atoms with van der Waals surface area (Å²) < 4.78 is 15.4. The number of fused-ring (bicyclic) bond motifs is 1. The number of amides is 1. The molecule has 5 rings (SSSR count). The topological polar surface area (TPSA) is 40.9 Å². The molecule has 0 unspecified atom stereocenters. The second kappa shape index (κ2) is 8.24. The van der Waals surface area contributed by atoms with Gasteiger partial charge in [-0.3, -0.25) is 14.1 Å². The van der Waals surface area contributed by atoms with E-state index in [2.05, 4.69) is 33.7 Å². The molecule has 2 aromatic carbocycles. The Bertz CT molecular complexity index is 1210. The quantitative estimate of drug-likeness (QED) is 0.476. The van der Waals surface area contributed by atoms with Gasteiger partial charge in [-0.1, -0.05) is 30.3 Å². The van der Waals surface area contributed by atoms with E-state index in [4.69, 9.17) is 4.98 Å². The van der Waals surface area contributed by atoms with E-state index in [1.54, 1.807) is 23.5 Å². The predicted molar refractivity (Wildman–Crippen MR) is 121 cm³/mol. The van der Waals surface area contributed by atoms with Crippen LogP contribution in [-0.2, 0) is 6.54 Å². The number of imidazole rings is 1. The van der Waals surface area contributed by atoms with Crippen LogP contribution in [0.5, 0.6) is 0 Å². The van der Waals surface area contributed by atoms with Gasteiger partial charge in [-0.2, -0.15) is 0 Å². The van der Waals surface area contributed by atoms with Crippen LogP contribution in [0.3, 0.4) is 0 Å². The molecule has 1 aliphatic heterocycles. The number of rotatable bonds is 4. The number of thiazole rings is 1. The van der Waals surface area contributed by atoms with E-state index in [1.165, 1.54) is 23.5 Å². The first kappa shape index (κ1) is 19.9. The normalized spacial score (nSPS) is 15.0. The van der Waals surface area contributed by atoms with Crippen LogP contribution >= 0.6 is 11.3 Å². The molecule has 0 aliphatic carbocycles. The highest BCUT2D eigenvalue weighted by atomic mass is 32.1. The highest BCUT2D eigenvalue weighted by molar-refractivity contribution is 7.15. The number of piperazine rings is 1. The van der Waals surface area contributed by atoms with E-state index in [-0.39, 0.29) is 11.7 Å². The Hall–Kier alpha value is -3.03. The molecule has 0 N–H and O–H groups in total. The van der Waals surface area contributed by atoms with Crippen molar-refractivity contribution in [3.63, 3.8) is 0 Å². The highest BCUT2D eigenvalue weighted by Gasteiger charge is 2.25. The SMILES string of the molecule is Cc1csc2nc(-c3ccccc3)c(CN3CCN(C(=O)c4ccc(F)cc4)CC3)n12. The molecule has 31 heavy (non-hydrogen) atoms. The molecule has 0 bridgehead atoms. The van der Waals surface area contributed by atoms with Crippen molar-refractivity contribution in [3.05, 3.63) is 82.7 Å². The third-order valence-electron chi connectivity index (χ3n) is 5.80. The van der Waals surface area contributed by atoms with Crippen molar-refractivity contribution in [2.24, 2.45) is 0 Å². The lowest BCUT2D eigenvalue weighted by atomic mass is 10.1. The maximum absolute atomic E-state index is 13.2. The Morgan fingerprint density at radius 1 is 1.03 bits per heavy atom. The number of carbonyl (C=O) groups is 1. The molecule has 1 fully saturated rings. The Kier molecular flexibility index (Phi) is 5.29. The van der Waals surface area contributed by atoms with E-state index in [0.29, 0.717) is 18.7 Å². The van der Waals surface area contributed by atoms with Gasteiger partial charge in [0.15, 0.2) is 4.96 Å². The number of aryl methyl sites for hydroxylation is 1. The molecule has 1 amide bonds. The molecule has 3 heterocycles. The van der Waals surface area contributed by atoms with Crippen molar-refractivity contribution < 1.29 is 9.18 Å². The summed E-state index contributed by atoms with van der Waals surface area (Å²) in [6.45, 7) is 5.78. The van der Waals surface area contributed by atoms with Gasteiger partial charge >= 0.3 is 0 Å². The maximum Gasteiger partial charge on any atom is 0.253 e. The molecule has 1 saturated heterocycles. The maximum atomic E-state index is 13.2. The van der Waals surface area contributed by atoms with Crippen LogP contribution in [0.1, 0.15) is 21.7 Å². The minimum atomic E-state index is -0.327. The molecule has 4 aromatic rings. The van der Waals surface area contributed by atoms with Crippen molar-refractivity contribution >= 4 is 22.2 Å². The lowest BCUT2D eigenvalue weighted by Crippen LogP contribution is -2.48. The summed E-state index contributed by atoms with van der Waals surface area (Å²) in [4.78, 5) is 22.9. The third kappa shape index (κ3) is 3.86. The van der Waals surface area contributed by atoms with Crippen molar-refractivity contribution in [2.45, 2.75) is 13.5 Å². The summed E-state index contributed by atoms with van der Waals surface area (Å²) in [6.07, 6.45) is 0. The molecule has 7 heteroatoms. The Morgan fingerprint density at radius 2 is 1.74 bits per heavy atom. The molecule has 0 saturated carbocycles. The number of hydrogen-bond acceptors (Lipinski definition) is 4. The molecular weight excluding hydrogens is 411 g/mol.